The first-order valence-corrected chi connectivity index (χ1v) is 8.15. The highest BCUT2D eigenvalue weighted by Crippen LogP contribution is 2.17. The van der Waals surface area contributed by atoms with Crippen LogP contribution in [-0.4, -0.2) is 22.2 Å². The van der Waals surface area contributed by atoms with Crippen molar-refractivity contribution in [2.24, 2.45) is 0 Å². The largest absolute Gasteiger partial charge is 0.361 e. The maximum absolute atomic E-state index is 12.1. The van der Waals surface area contributed by atoms with E-state index in [9.17, 15) is 4.79 Å². The Balaban J connectivity index is 1.86. The van der Waals surface area contributed by atoms with Crippen molar-refractivity contribution >= 4 is 17.4 Å². The fourth-order valence-corrected chi connectivity index (χ4v) is 3.05. The van der Waals surface area contributed by atoms with Gasteiger partial charge in [0.15, 0.2) is 0 Å². The summed E-state index contributed by atoms with van der Waals surface area (Å²) in [5.41, 5.74) is 2.90. The van der Waals surface area contributed by atoms with Crippen LogP contribution in [-0.2, 0) is 6.42 Å². The summed E-state index contributed by atoms with van der Waals surface area (Å²) in [5.74, 6) is 0.804. The number of aryl methyl sites for hydroxylation is 3. The van der Waals surface area contributed by atoms with Gasteiger partial charge in [-0.15, -0.1) is 11.3 Å². The van der Waals surface area contributed by atoms with E-state index in [1.165, 1.54) is 0 Å². The highest BCUT2D eigenvalue weighted by molar-refractivity contribution is 7.09. The van der Waals surface area contributed by atoms with E-state index in [0.717, 1.165) is 27.7 Å². The molecule has 2 unspecified atom stereocenters. The zero-order valence-electron chi connectivity index (χ0n) is 13.6. The van der Waals surface area contributed by atoms with Gasteiger partial charge in [-0.1, -0.05) is 5.16 Å². The SMILES string of the molecule is Cc1csc(C(C)NC(=O)NC(C)Cc2c(C)noc2C)n1. The molecular weight excluding hydrogens is 300 g/mol. The molecule has 0 saturated heterocycles. The smallest absolute Gasteiger partial charge is 0.315 e. The number of carbonyl (C=O) groups excluding carboxylic acids is 1. The van der Waals surface area contributed by atoms with Crippen LogP contribution in [0.2, 0.25) is 0 Å². The van der Waals surface area contributed by atoms with Crippen LogP contribution in [0.5, 0.6) is 0 Å². The van der Waals surface area contributed by atoms with Gasteiger partial charge in [0.25, 0.3) is 0 Å². The minimum absolute atomic E-state index is 0.0120. The fraction of sp³-hybridized carbons (Fsp3) is 0.533. The minimum atomic E-state index is -0.195. The Morgan fingerprint density at radius 2 is 2.05 bits per heavy atom. The van der Waals surface area contributed by atoms with E-state index >= 15 is 0 Å². The standard InChI is InChI=1S/C15H22N4O2S/c1-8(6-13-10(3)19-21-12(13)5)17-15(20)18-11(4)14-16-9(2)7-22-14/h7-8,11H,6H2,1-5H3,(H2,17,18,20). The van der Waals surface area contributed by atoms with Crippen LogP contribution in [0.3, 0.4) is 0 Å². The summed E-state index contributed by atoms with van der Waals surface area (Å²) in [4.78, 5) is 16.4. The van der Waals surface area contributed by atoms with Crippen LogP contribution >= 0.6 is 11.3 Å². The van der Waals surface area contributed by atoms with Crippen molar-refractivity contribution in [1.29, 1.82) is 0 Å². The van der Waals surface area contributed by atoms with Gasteiger partial charge in [-0.3, -0.25) is 0 Å². The van der Waals surface area contributed by atoms with Crippen LogP contribution in [0.1, 0.15) is 47.6 Å². The van der Waals surface area contributed by atoms with E-state index in [4.69, 9.17) is 4.52 Å². The number of thiazole rings is 1. The van der Waals surface area contributed by atoms with Gasteiger partial charge >= 0.3 is 6.03 Å². The van der Waals surface area contributed by atoms with Crippen LogP contribution in [0.15, 0.2) is 9.90 Å². The molecule has 120 valence electrons. The summed E-state index contributed by atoms with van der Waals surface area (Å²) in [7, 11) is 0. The Labute approximate surface area is 134 Å². The third kappa shape index (κ3) is 4.07. The molecule has 0 aliphatic heterocycles. The average Bonchev–Trinajstić information content (AvgIpc) is 2.99. The fourth-order valence-electron chi connectivity index (χ4n) is 2.25. The molecule has 0 saturated carbocycles. The second-order valence-electron chi connectivity index (χ2n) is 5.57. The van der Waals surface area contributed by atoms with Crippen molar-refractivity contribution in [2.45, 2.75) is 53.1 Å². The van der Waals surface area contributed by atoms with Crippen LogP contribution in [0, 0.1) is 20.8 Å². The summed E-state index contributed by atoms with van der Waals surface area (Å²) in [6.45, 7) is 9.62. The number of hydrogen-bond acceptors (Lipinski definition) is 5. The lowest BCUT2D eigenvalue weighted by molar-refractivity contribution is 0.234. The molecule has 2 heterocycles. The average molecular weight is 322 g/mol. The lowest BCUT2D eigenvalue weighted by atomic mass is 10.1. The molecule has 0 aromatic carbocycles. The highest BCUT2D eigenvalue weighted by atomic mass is 32.1. The summed E-state index contributed by atoms with van der Waals surface area (Å²) in [6.07, 6.45) is 0.694. The number of amides is 2. The second kappa shape index (κ2) is 6.91. The molecule has 0 fully saturated rings. The number of nitrogens with zero attached hydrogens (tertiary/aromatic N) is 2. The predicted molar refractivity (Wildman–Crippen MR) is 86.1 cm³/mol. The summed E-state index contributed by atoms with van der Waals surface area (Å²) in [6, 6.07) is -0.313. The molecule has 2 amide bonds. The zero-order valence-corrected chi connectivity index (χ0v) is 14.4. The minimum Gasteiger partial charge on any atom is -0.361 e. The number of carbonyl (C=O) groups is 1. The molecule has 0 spiro atoms. The predicted octanol–water partition coefficient (Wildman–Crippen LogP) is 3.05. The number of urea groups is 1. The molecule has 0 aliphatic rings. The molecule has 0 aliphatic carbocycles. The first-order valence-electron chi connectivity index (χ1n) is 7.27. The Morgan fingerprint density at radius 1 is 1.32 bits per heavy atom. The topological polar surface area (TPSA) is 80.0 Å². The molecule has 2 aromatic rings. The third-order valence-electron chi connectivity index (χ3n) is 3.42. The van der Waals surface area contributed by atoms with E-state index in [0.29, 0.717) is 6.42 Å². The quantitative estimate of drug-likeness (QED) is 0.886. The number of rotatable bonds is 5. The van der Waals surface area contributed by atoms with Crippen LogP contribution in [0.4, 0.5) is 4.79 Å². The normalized spacial score (nSPS) is 13.7. The zero-order chi connectivity index (χ0) is 16.3. The second-order valence-corrected chi connectivity index (χ2v) is 6.46. The van der Waals surface area contributed by atoms with Crippen molar-refractivity contribution in [3.05, 3.63) is 33.1 Å². The lowest BCUT2D eigenvalue weighted by Gasteiger charge is -2.17. The van der Waals surface area contributed by atoms with Gasteiger partial charge in [0.2, 0.25) is 0 Å². The van der Waals surface area contributed by atoms with Gasteiger partial charge in [-0.05, 0) is 41.0 Å². The Hall–Kier alpha value is -1.89. The number of hydrogen-bond donors (Lipinski definition) is 2. The Kier molecular flexibility index (Phi) is 5.18. The molecule has 2 N–H and O–H groups in total. The maximum Gasteiger partial charge on any atom is 0.315 e. The van der Waals surface area contributed by atoms with Gasteiger partial charge < -0.3 is 15.2 Å². The van der Waals surface area contributed by atoms with Gasteiger partial charge in [0.1, 0.15) is 10.8 Å². The van der Waals surface area contributed by atoms with E-state index < -0.39 is 0 Å². The van der Waals surface area contributed by atoms with Crippen LogP contribution in [0.25, 0.3) is 0 Å². The first kappa shape index (κ1) is 16.5. The van der Waals surface area contributed by atoms with E-state index in [-0.39, 0.29) is 18.1 Å². The van der Waals surface area contributed by atoms with Crippen molar-refractivity contribution in [2.75, 3.05) is 0 Å². The molecule has 7 heteroatoms. The van der Waals surface area contributed by atoms with Crippen molar-refractivity contribution in [1.82, 2.24) is 20.8 Å². The molecular formula is C15H22N4O2S. The number of nitrogens with one attached hydrogen (secondary N) is 2. The van der Waals surface area contributed by atoms with Gasteiger partial charge in [0.05, 0.1) is 11.7 Å². The van der Waals surface area contributed by atoms with Crippen molar-refractivity contribution < 1.29 is 9.32 Å². The Bertz CT molecular complexity index is 630. The lowest BCUT2D eigenvalue weighted by Crippen LogP contribution is -2.42. The molecule has 0 radical (unpaired) electrons. The summed E-state index contributed by atoms with van der Waals surface area (Å²) < 4.78 is 5.14. The first-order chi connectivity index (χ1) is 10.4. The van der Waals surface area contributed by atoms with E-state index in [1.807, 2.05) is 40.0 Å². The monoisotopic (exact) mass is 322 g/mol. The van der Waals surface area contributed by atoms with E-state index in [2.05, 4.69) is 20.8 Å². The molecule has 2 atom stereocenters. The summed E-state index contributed by atoms with van der Waals surface area (Å²) >= 11 is 1.55. The Morgan fingerprint density at radius 3 is 2.59 bits per heavy atom. The number of aromatic nitrogens is 2. The van der Waals surface area contributed by atoms with E-state index in [1.54, 1.807) is 11.3 Å². The summed E-state index contributed by atoms with van der Waals surface area (Å²) in [5, 5.41) is 12.7. The van der Waals surface area contributed by atoms with Crippen LogP contribution < -0.4 is 10.6 Å². The van der Waals surface area contributed by atoms with Gasteiger partial charge in [-0.25, -0.2) is 9.78 Å². The van der Waals surface area contributed by atoms with Crippen molar-refractivity contribution in [3.8, 4) is 0 Å². The highest BCUT2D eigenvalue weighted by Gasteiger charge is 2.17. The molecule has 2 rings (SSSR count). The van der Waals surface area contributed by atoms with Crippen molar-refractivity contribution in [3.63, 3.8) is 0 Å². The third-order valence-corrected chi connectivity index (χ3v) is 4.57. The van der Waals surface area contributed by atoms with Gasteiger partial charge in [-0.2, -0.15) is 0 Å². The molecule has 0 bridgehead atoms. The molecule has 6 nitrogen and oxygen atoms in total. The van der Waals surface area contributed by atoms with Gasteiger partial charge in [0, 0.05) is 22.7 Å². The molecule has 22 heavy (non-hydrogen) atoms. The maximum atomic E-state index is 12.1. The molecule has 2 aromatic heterocycles.